The van der Waals surface area contributed by atoms with E-state index in [1.54, 1.807) is 30.6 Å². The molecule has 28 heavy (non-hydrogen) atoms. The second kappa shape index (κ2) is 7.05. The Hall–Kier alpha value is -3.26. The Morgan fingerprint density at radius 1 is 1.11 bits per heavy atom. The standard InChI is InChI=1S/C20H16FN3O3S/c21-16-3-5-17(6-4-16)24(13-14-2-1-9-22-12-14)28(26,27)18-7-8-19-15(10-18)11-20(25)23-19/h1-10,12H,11,13H2,(H,23,25). The number of rotatable bonds is 5. The van der Waals surface area contributed by atoms with Crippen LogP contribution in [0.1, 0.15) is 11.1 Å². The number of sulfonamides is 1. The lowest BCUT2D eigenvalue weighted by Gasteiger charge is -2.25. The lowest BCUT2D eigenvalue weighted by atomic mass is 10.2. The van der Waals surface area contributed by atoms with Gasteiger partial charge in [0.1, 0.15) is 5.82 Å². The molecule has 3 aromatic rings. The average molecular weight is 397 g/mol. The van der Waals surface area contributed by atoms with E-state index < -0.39 is 15.8 Å². The Bertz CT molecular complexity index is 1130. The number of hydrogen-bond acceptors (Lipinski definition) is 4. The second-order valence-corrected chi connectivity index (χ2v) is 8.26. The van der Waals surface area contributed by atoms with Gasteiger partial charge in [-0.25, -0.2) is 12.8 Å². The first-order chi connectivity index (χ1) is 13.4. The van der Waals surface area contributed by atoms with E-state index in [4.69, 9.17) is 0 Å². The molecular formula is C20H16FN3O3S. The number of anilines is 2. The highest BCUT2D eigenvalue weighted by Gasteiger charge is 2.28. The molecule has 0 aliphatic carbocycles. The fourth-order valence-electron chi connectivity index (χ4n) is 3.07. The van der Waals surface area contributed by atoms with Crippen molar-refractivity contribution in [1.29, 1.82) is 0 Å². The SMILES string of the molecule is O=C1Cc2cc(S(=O)(=O)N(Cc3cccnc3)c3ccc(F)cc3)ccc2N1. The molecule has 8 heteroatoms. The predicted octanol–water partition coefficient (Wildman–Crippen LogP) is 3.11. The molecule has 0 saturated carbocycles. The van der Waals surface area contributed by atoms with Gasteiger partial charge in [-0.2, -0.15) is 0 Å². The van der Waals surface area contributed by atoms with Gasteiger partial charge in [-0.3, -0.25) is 14.1 Å². The molecule has 1 amide bonds. The molecule has 0 unspecified atom stereocenters. The van der Waals surface area contributed by atoms with Gasteiger partial charge in [-0.15, -0.1) is 0 Å². The van der Waals surface area contributed by atoms with Gasteiger partial charge in [0.2, 0.25) is 5.91 Å². The summed E-state index contributed by atoms with van der Waals surface area (Å²) in [5, 5.41) is 2.69. The molecular weight excluding hydrogens is 381 g/mol. The minimum Gasteiger partial charge on any atom is -0.326 e. The van der Waals surface area contributed by atoms with Crippen molar-refractivity contribution < 1.29 is 17.6 Å². The number of fused-ring (bicyclic) bond motifs is 1. The lowest BCUT2D eigenvalue weighted by molar-refractivity contribution is -0.115. The number of nitrogens with one attached hydrogen (secondary N) is 1. The highest BCUT2D eigenvalue weighted by atomic mass is 32.2. The number of halogens is 1. The molecule has 2 heterocycles. The largest absolute Gasteiger partial charge is 0.326 e. The van der Waals surface area contributed by atoms with E-state index in [9.17, 15) is 17.6 Å². The third-order valence-electron chi connectivity index (χ3n) is 4.45. The summed E-state index contributed by atoms with van der Waals surface area (Å²) in [6.07, 6.45) is 3.32. The Balaban J connectivity index is 1.77. The summed E-state index contributed by atoms with van der Waals surface area (Å²) in [6.45, 7) is 0.0378. The quantitative estimate of drug-likeness (QED) is 0.718. The van der Waals surface area contributed by atoms with Crippen molar-refractivity contribution in [3.63, 3.8) is 0 Å². The molecule has 142 valence electrons. The zero-order valence-corrected chi connectivity index (χ0v) is 15.5. The van der Waals surface area contributed by atoms with Crippen LogP contribution in [0.3, 0.4) is 0 Å². The normalized spacial score (nSPS) is 13.1. The van der Waals surface area contributed by atoms with E-state index in [0.29, 0.717) is 22.5 Å². The molecule has 0 spiro atoms. The second-order valence-electron chi connectivity index (χ2n) is 6.39. The van der Waals surface area contributed by atoms with Crippen molar-refractivity contribution in [3.8, 4) is 0 Å². The summed E-state index contributed by atoms with van der Waals surface area (Å²) in [5.41, 5.74) is 2.27. The Morgan fingerprint density at radius 3 is 2.61 bits per heavy atom. The Morgan fingerprint density at radius 2 is 1.89 bits per heavy atom. The molecule has 0 radical (unpaired) electrons. The summed E-state index contributed by atoms with van der Waals surface area (Å²) in [4.78, 5) is 15.7. The van der Waals surface area contributed by atoms with Crippen molar-refractivity contribution in [2.24, 2.45) is 0 Å². The van der Waals surface area contributed by atoms with Gasteiger partial charge in [-0.05, 0) is 59.7 Å². The number of amides is 1. The van der Waals surface area contributed by atoms with Crippen LogP contribution in [0.5, 0.6) is 0 Å². The predicted molar refractivity (Wildman–Crippen MR) is 103 cm³/mol. The van der Waals surface area contributed by atoms with Gasteiger partial charge in [0, 0.05) is 18.1 Å². The number of hydrogen-bond donors (Lipinski definition) is 1. The minimum atomic E-state index is -3.96. The first-order valence-corrected chi connectivity index (χ1v) is 9.97. The van der Waals surface area contributed by atoms with Gasteiger partial charge >= 0.3 is 0 Å². The van der Waals surface area contributed by atoms with E-state index in [1.165, 1.54) is 40.7 Å². The third-order valence-corrected chi connectivity index (χ3v) is 6.22. The average Bonchev–Trinajstić information content (AvgIpc) is 3.07. The Labute approximate surface area is 161 Å². The molecule has 4 rings (SSSR count). The highest BCUT2D eigenvalue weighted by molar-refractivity contribution is 7.92. The first kappa shape index (κ1) is 18.1. The third kappa shape index (κ3) is 3.46. The van der Waals surface area contributed by atoms with Crippen LogP contribution >= 0.6 is 0 Å². The molecule has 1 aromatic heterocycles. The minimum absolute atomic E-state index is 0.0378. The van der Waals surface area contributed by atoms with Crippen LogP contribution in [0.2, 0.25) is 0 Å². The zero-order valence-electron chi connectivity index (χ0n) is 14.7. The first-order valence-electron chi connectivity index (χ1n) is 8.53. The van der Waals surface area contributed by atoms with Gasteiger partial charge in [-0.1, -0.05) is 6.07 Å². The molecule has 2 aromatic carbocycles. The molecule has 1 aliphatic rings. The van der Waals surface area contributed by atoms with Crippen LogP contribution < -0.4 is 9.62 Å². The van der Waals surface area contributed by atoms with E-state index in [-0.39, 0.29) is 23.8 Å². The van der Waals surface area contributed by atoms with Gasteiger partial charge in [0.05, 0.1) is 23.5 Å². The van der Waals surface area contributed by atoms with Crippen LogP contribution in [-0.4, -0.2) is 19.3 Å². The molecule has 0 atom stereocenters. The number of carbonyl (C=O) groups excluding carboxylic acids is 1. The summed E-state index contributed by atoms with van der Waals surface area (Å²) in [5.74, 6) is -0.625. The lowest BCUT2D eigenvalue weighted by Crippen LogP contribution is -2.30. The number of aromatic nitrogens is 1. The van der Waals surface area contributed by atoms with E-state index in [2.05, 4.69) is 10.3 Å². The number of benzene rings is 2. The molecule has 1 N–H and O–H groups in total. The van der Waals surface area contributed by atoms with Gasteiger partial charge in [0.25, 0.3) is 10.0 Å². The smallest absolute Gasteiger partial charge is 0.264 e. The summed E-state index contributed by atoms with van der Waals surface area (Å²) in [6, 6.07) is 13.3. The van der Waals surface area contributed by atoms with E-state index in [1.807, 2.05) is 0 Å². The topological polar surface area (TPSA) is 79.4 Å². The van der Waals surface area contributed by atoms with Crippen LogP contribution in [0.4, 0.5) is 15.8 Å². The summed E-state index contributed by atoms with van der Waals surface area (Å²) < 4.78 is 41.4. The van der Waals surface area contributed by atoms with Crippen molar-refractivity contribution in [3.05, 3.63) is 83.9 Å². The summed E-state index contributed by atoms with van der Waals surface area (Å²) in [7, 11) is -3.96. The maximum Gasteiger partial charge on any atom is 0.264 e. The maximum atomic E-state index is 13.4. The van der Waals surface area contributed by atoms with E-state index in [0.717, 1.165) is 0 Å². The number of pyridine rings is 1. The van der Waals surface area contributed by atoms with E-state index >= 15 is 0 Å². The van der Waals surface area contributed by atoms with Crippen molar-refractivity contribution in [1.82, 2.24) is 4.98 Å². The van der Waals surface area contributed by atoms with Gasteiger partial charge < -0.3 is 5.32 Å². The number of carbonyl (C=O) groups is 1. The van der Waals surface area contributed by atoms with Crippen molar-refractivity contribution in [2.75, 3.05) is 9.62 Å². The Kier molecular flexibility index (Phi) is 4.56. The monoisotopic (exact) mass is 397 g/mol. The van der Waals surface area contributed by atoms with Crippen LogP contribution in [0.15, 0.2) is 71.9 Å². The number of nitrogens with zero attached hydrogens (tertiary/aromatic N) is 2. The van der Waals surface area contributed by atoms with Gasteiger partial charge in [0.15, 0.2) is 0 Å². The molecule has 0 bridgehead atoms. The molecule has 6 nitrogen and oxygen atoms in total. The fourth-order valence-corrected chi connectivity index (χ4v) is 4.58. The molecule has 0 fully saturated rings. The summed E-state index contributed by atoms with van der Waals surface area (Å²) >= 11 is 0. The van der Waals surface area contributed by atoms with Crippen LogP contribution in [0.25, 0.3) is 0 Å². The molecule has 0 saturated heterocycles. The zero-order chi connectivity index (χ0) is 19.7. The van der Waals surface area contributed by atoms with Crippen molar-refractivity contribution in [2.45, 2.75) is 17.9 Å². The molecule has 1 aliphatic heterocycles. The maximum absolute atomic E-state index is 13.4. The van der Waals surface area contributed by atoms with Crippen LogP contribution in [-0.2, 0) is 27.8 Å². The van der Waals surface area contributed by atoms with Crippen molar-refractivity contribution >= 4 is 27.3 Å². The highest BCUT2D eigenvalue weighted by Crippen LogP contribution is 2.30. The van der Waals surface area contributed by atoms with Crippen LogP contribution in [0, 0.1) is 5.82 Å². The fraction of sp³-hybridized carbons (Fsp3) is 0.100.